The zero-order valence-corrected chi connectivity index (χ0v) is 11.5. The second kappa shape index (κ2) is 5.38. The van der Waals surface area contributed by atoms with Crippen LogP contribution in [0.3, 0.4) is 0 Å². The molecule has 0 saturated heterocycles. The number of nitrogens with zero attached hydrogens (tertiary/aromatic N) is 2. The molecule has 3 rings (SSSR count). The molecular formula is C15H10ClN3O2. The largest absolute Gasteiger partial charge is 0.478 e. The van der Waals surface area contributed by atoms with E-state index >= 15 is 0 Å². The van der Waals surface area contributed by atoms with Crippen LogP contribution in [0.5, 0.6) is 0 Å². The number of benzene rings is 1. The number of hydrogen-bond donors (Lipinski definition) is 2. The quantitative estimate of drug-likeness (QED) is 0.726. The minimum atomic E-state index is -0.970. The third kappa shape index (κ3) is 2.64. The van der Waals surface area contributed by atoms with Crippen molar-refractivity contribution in [3.05, 3.63) is 59.4 Å². The Balaban J connectivity index is 2.01. The van der Waals surface area contributed by atoms with Crippen molar-refractivity contribution < 1.29 is 9.90 Å². The summed E-state index contributed by atoms with van der Waals surface area (Å²) in [7, 11) is 0. The zero-order chi connectivity index (χ0) is 14.8. The van der Waals surface area contributed by atoms with Crippen LogP contribution in [-0.4, -0.2) is 26.3 Å². The smallest absolute Gasteiger partial charge is 0.335 e. The Morgan fingerprint density at radius 3 is 2.81 bits per heavy atom. The maximum atomic E-state index is 11.0. The minimum absolute atomic E-state index is 0.219. The summed E-state index contributed by atoms with van der Waals surface area (Å²) in [5.41, 5.74) is 3.05. The van der Waals surface area contributed by atoms with Gasteiger partial charge < -0.3 is 5.11 Å². The number of pyridine rings is 1. The van der Waals surface area contributed by atoms with Gasteiger partial charge in [0.2, 0.25) is 0 Å². The molecule has 0 atom stereocenters. The first-order valence-corrected chi connectivity index (χ1v) is 6.53. The van der Waals surface area contributed by atoms with Crippen LogP contribution in [0.4, 0.5) is 0 Å². The van der Waals surface area contributed by atoms with Gasteiger partial charge in [0.1, 0.15) is 5.15 Å². The zero-order valence-electron chi connectivity index (χ0n) is 10.7. The number of rotatable bonds is 3. The molecule has 3 aromatic rings. The molecule has 0 saturated carbocycles. The van der Waals surface area contributed by atoms with Crippen LogP contribution in [-0.2, 0) is 0 Å². The predicted octanol–water partition coefficient (Wildman–Crippen LogP) is 3.49. The molecule has 0 aliphatic heterocycles. The molecule has 2 N–H and O–H groups in total. The molecule has 0 aliphatic carbocycles. The van der Waals surface area contributed by atoms with E-state index in [9.17, 15) is 4.79 Å². The van der Waals surface area contributed by atoms with Crippen molar-refractivity contribution in [2.24, 2.45) is 0 Å². The standard InChI is InChI=1S/C15H10ClN3O2/c16-14-11(5-2-6-17-14)13-8-12(18-19-13)9-3-1-4-10(7-9)15(20)21/h1-8H,(H,18,19)(H,20,21). The highest BCUT2D eigenvalue weighted by atomic mass is 35.5. The molecule has 0 amide bonds. The van der Waals surface area contributed by atoms with Crippen molar-refractivity contribution in [1.82, 2.24) is 15.2 Å². The fraction of sp³-hybridized carbons (Fsp3) is 0. The molecule has 0 aliphatic rings. The Kier molecular flexibility index (Phi) is 3.41. The highest BCUT2D eigenvalue weighted by molar-refractivity contribution is 6.32. The second-order valence-corrected chi connectivity index (χ2v) is 4.75. The van der Waals surface area contributed by atoms with Gasteiger partial charge in [-0.3, -0.25) is 5.10 Å². The molecular weight excluding hydrogens is 290 g/mol. The van der Waals surface area contributed by atoms with Gasteiger partial charge in [-0.25, -0.2) is 9.78 Å². The summed E-state index contributed by atoms with van der Waals surface area (Å²) < 4.78 is 0. The molecule has 0 bridgehead atoms. The monoisotopic (exact) mass is 299 g/mol. The topological polar surface area (TPSA) is 78.9 Å². The first-order valence-electron chi connectivity index (χ1n) is 6.15. The molecule has 1 aromatic carbocycles. The number of halogens is 1. The Labute approximate surface area is 125 Å². The van der Waals surface area contributed by atoms with E-state index in [4.69, 9.17) is 16.7 Å². The molecule has 6 heteroatoms. The number of carbonyl (C=O) groups is 1. The van der Waals surface area contributed by atoms with Crippen LogP contribution >= 0.6 is 11.6 Å². The number of H-pyrrole nitrogens is 1. The number of carboxylic acid groups (broad SMARTS) is 1. The lowest BCUT2D eigenvalue weighted by Crippen LogP contribution is -1.95. The van der Waals surface area contributed by atoms with E-state index in [0.717, 1.165) is 16.8 Å². The first kappa shape index (κ1) is 13.3. The molecule has 0 radical (unpaired) electrons. The maximum Gasteiger partial charge on any atom is 0.335 e. The van der Waals surface area contributed by atoms with E-state index < -0.39 is 5.97 Å². The van der Waals surface area contributed by atoms with Crippen LogP contribution in [0, 0.1) is 0 Å². The third-order valence-electron chi connectivity index (χ3n) is 3.03. The van der Waals surface area contributed by atoms with E-state index in [1.807, 2.05) is 12.1 Å². The lowest BCUT2D eigenvalue weighted by molar-refractivity contribution is 0.0697. The normalized spacial score (nSPS) is 10.5. The highest BCUT2D eigenvalue weighted by Crippen LogP contribution is 2.27. The Morgan fingerprint density at radius 2 is 2.05 bits per heavy atom. The van der Waals surface area contributed by atoms with Gasteiger partial charge in [0, 0.05) is 17.3 Å². The van der Waals surface area contributed by atoms with Crippen LogP contribution in [0.2, 0.25) is 5.15 Å². The minimum Gasteiger partial charge on any atom is -0.478 e. The van der Waals surface area contributed by atoms with E-state index in [0.29, 0.717) is 10.8 Å². The van der Waals surface area contributed by atoms with E-state index in [1.54, 1.807) is 30.5 Å². The van der Waals surface area contributed by atoms with E-state index in [-0.39, 0.29) is 5.56 Å². The number of hydrogen-bond acceptors (Lipinski definition) is 3. The van der Waals surface area contributed by atoms with Crippen molar-refractivity contribution in [3.63, 3.8) is 0 Å². The lowest BCUT2D eigenvalue weighted by Gasteiger charge is -1.99. The summed E-state index contributed by atoms with van der Waals surface area (Å²) in [4.78, 5) is 15.0. The first-order chi connectivity index (χ1) is 10.1. The summed E-state index contributed by atoms with van der Waals surface area (Å²) >= 11 is 6.04. The summed E-state index contributed by atoms with van der Waals surface area (Å²) in [6, 6.07) is 12.0. The van der Waals surface area contributed by atoms with Gasteiger partial charge in [-0.15, -0.1) is 0 Å². The summed E-state index contributed by atoms with van der Waals surface area (Å²) in [6.07, 6.45) is 1.61. The number of aromatic amines is 1. The van der Waals surface area contributed by atoms with Crippen molar-refractivity contribution >= 4 is 17.6 Å². The van der Waals surface area contributed by atoms with Gasteiger partial charge >= 0.3 is 5.97 Å². The van der Waals surface area contributed by atoms with Crippen molar-refractivity contribution in [2.45, 2.75) is 0 Å². The summed E-state index contributed by atoms with van der Waals surface area (Å²) in [5.74, 6) is -0.970. The van der Waals surface area contributed by atoms with Gasteiger partial charge in [0.15, 0.2) is 0 Å². The van der Waals surface area contributed by atoms with Crippen molar-refractivity contribution in [1.29, 1.82) is 0 Å². The Morgan fingerprint density at radius 1 is 1.19 bits per heavy atom. The lowest BCUT2D eigenvalue weighted by atomic mass is 10.1. The summed E-state index contributed by atoms with van der Waals surface area (Å²) in [6.45, 7) is 0. The van der Waals surface area contributed by atoms with Gasteiger partial charge in [0.25, 0.3) is 0 Å². The Hall–Kier alpha value is -2.66. The van der Waals surface area contributed by atoms with Crippen LogP contribution in [0.1, 0.15) is 10.4 Å². The second-order valence-electron chi connectivity index (χ2n) is 4.39. The fourth-order valence-corrected chi connectivity index (χ4v) is 2.23. The Bertz CT molecular complexity index is 814. The molecule has 104 valence electrons. The highest BCUT2D eigenvalue weighted by Gasteiger charge is 2.10. The number of carboxylic acids is 1. The molecule has 0 spiro atoms. The molecule has 0 fully saturated rings. The molecule has 2 aromatic heterocycles. The number of aromatic nitrogens is 3. The van der Waals surface area contributed by atoms with Gasteiger partial charge in [0.05, 0.1) is 17.0 Å². The molecule has 5 nitrogen and oxygen atoms in total. The number of nitrogens with one attached hydrogen (secondary N) is 1. The average Bonchev–Trinajstić information content (AvgIpc) is 2.97. The molecule has 0 unspecified atom stereocenters. The van der Waals surface area contributed by atoms with Gasteiger partial charge in [-0.1, -0.05) is 23.7 Å². The predicted molar refractivity (Wildman–Crippen MR) is 79.2 cm³/mol. The third-order valence-corrected chi connectivity index (χ3v) is 3.33. The fourth-order valence-electron chi connectivity index (χ4n) is 2.01. The van der Waals surface area contributed by atoms with E-state index in [1.165, 1.54) is 6.07 Å². The maximum absolute atomic E-state index is 11.0. The van der Waals surface area contributed by atoms with Crippen molar-refractivity contribution in [2.75, 3.05) is 0 Å². The average molecular weight is 300 g/mol. The molecule has 2 heterocycles. The summed E-state index contributed by atoms with van der Waals surface area (Å²) in [5, 5.41) is 16.5. The van der Waals surface area contributed by atoms with E-state index in [2.05, 4.69) is 15.2 Å². The van der Waals surface area contributed by atoms with Crippen LogP contribution < -0.4 is 0 Å². The van der Waals surface area contributed by atoms with Gasteiger partial charge in [-0.05, 0) is 30.3 Å². The SMILES string of the molecule is O=C(O)c1cccc(-c2cc(-c3cccnc3Cl)[nH]n2)c1. The number of aromatic carboxylic acids is 1. The van der Waals surface area contributed by atoms with Gasteiger partial charge in [-0.2, -0.15) is 5.10 Å². The van der Waals surface area contributed by atoms with Crippen LogP contribution in [0.15, 0.2) is 48.7 Å². The van der Waals surface area contributed by atoms with Crippen LogP contribution in [0.25, 0.3) is 22.5 Å². The van der Waals surface area contributed by atoms with Crippen molar-refractivity contribution in [3.8, 4) is 22.5 Å². The molecule has 21 heavy (non-hydrogen) atoms.